The summed E-state index contributed by atoms with van der Waals surface area (Å²) in [5.74, 6) is -1.74. The maximum absolute atomic E-state index is 13.2. The van der Waals surface area contributed by atoms with E-state index in [4.69, 9.17) is 10.5 Å². The van der Waals surface area contributed by atoms with Gasteiger partial charge in [0.25, 0.3) is 0 Å². The topological polar surface area (TPSA) is 168 Å². The van der Waals surface area contributed by atoms with Gasteiger partial charge in [0.05, 0.1) is 17.8 Å². The number of nitrogens with two attached hydrogens (primary N) is 1. The molecule has 37 heavy (non-hydrogen) atoms. The van der Waals surface area contributed by atoms with Crippen LogP contribution in [0, 0.1) is 5.92 Å². The molecule has 210 valence electrons. The number of aliphatic imine (C=N–C) groups is 1. The van der Waals surface area contributed by atoms with Gasteiger partial charge in [-0.1, -0.05) is 6.92 Å². The largest absolute Gasteiger partial charge is 0.481 e. The van der Waals surface area contributed by atoms with Crippen molar-refractivity contribution < 1.29 is 33.8 Å². The molecule has 2 unspecified atom stereocenters. The van der Waals surface area contributed by atoms with Gasteiger partial charge >= 0.3 is 12.1 Å². The van der Waals surface area contributed by atoms with E-state index in [1.165, 1.54) is 11.8 Å². The van der Waals surface area contributed by atoms with Gasteiger partial charge in [-0.05, 0) is 59.8 Å². The third-order valence-electron chi connectivity index (χ3n) is 6.17. The number of Topliss-reactive ketones (excluding diaryl/α,β-unsaturated/α-hetero) is 2. The fourth-order valence-corrected chi connectivity index (χ4v) is 4.09. The minimum absolute atomic E-state index is 0.00458. The highest BCUT2D eigenvalue weighted by Gasteiger charge is 2.37. The van der Waals surface area contributed by atoms with Crippen molar-refractivity contribution in [2.24, 2.45) is 16.6 Å². The molecule has 0 bridgehead atoms. The van der Waals surface area contributed by atoms with Crippen molar-refractivity contribution in [3.63, 3.8) is 0 Å². The van der Waals surface area contributed by atoms with Crippen LogP contribution in [0.4, 0.5) is 4.79 Å². The first-order chi connectivity index (χ1) is 17.2. The van der Waals surface area contributed by atoms with Crippen LogP contribution in [0.25, 0.3) is 0 Å². The zero-order valence-electron chi connectivity index (χ0n) is 22.9. The Bertz CT molecular complexity index is 850. The van der Waals surface area contributed by atoms with Crippen LogP contribution in [0.2, 0.25) is 0 Å². The van der Waals surface area contributed by atoms with Crippen LogP contribution in [0.3, 0.4) is 0 Å². The van der Waals surface area contributed by atoms with Crippen molar-refractivity contribution in [1.29, 1.82) is 0 Å². The molecule has 0 radical (unpaired) electrons. The number of likely N-dealkylation sites (tertiary alicyclic amines) is 1. The van der Waals surface area contributed by atoms with Crippen molar-refractivity contribution in [1.82, 2.24) is 10.2 Å². The van der Waals surface area contributed by atoms with Crippen LogP contribution >= 0.6 is 0 Å². The summed E-state index contributed by atoms with van der Waals surface area (Å²) in [6.07, 6.45) is 1.89. The predicted octanol–water partition coefficient (Wildman–Crippen LogP) is 2.84. The molecule has 1 aliphatic rings. The molecule has 11 nitrogen and oxygen atoms in total. The highest BCUT2D eigenvalue weighted by Crippen LogP contribution is 2.28. The molecule has 0 aliphatic carbocycles. The lowest BCUT2D eigenvalue weighted by Crippen LogP contribution is -2.49. The molecular weight excluding hydrogens is 480 g/mol. The summed E-state index contributed by atoms with van der Waals surface area (Å²) in [6, 6.07) is -1.25. The number of hydrogen-bond acceptors (Lipinski definition) is 7. The monoisotopic (exact) mass is 524 g/mol. The molecule has 1 heterocycles. The molecule has 3 atom stereocenters. The van der Waals surface area contributed by atoms with Crippen LogP contribution < -0.4 is 11.1 Å². The summed E-state index contributed by atoms with van der Waals surface area (Å²) in [6.45, 7) is 9.20. The number of carboxylic acids is 1. The van der Waals surface area contributed by atoms with E-state index in [0.717, 1.165) is 0 Å². The zero-order chi connectivity index (χ0) is 28.2. The van der Waals surface area contributed by atoms with Gasteiger partial charge < -0.3 is 30.6 Å². The summed E-state index contributed by atoms with van der Waals surface area (Å²) in [5.41, 5.74) is 5.03. The van der Waals surface area contributed by atoms with Gasteiger partial charge in [0.15, 0.2) is 5.78 Å². The van der Waals surface area contributed by atoms with E-state index in [9.17, 15) is 29.1 Å². The lowest BCUT2D eigenvalue weighted by Gasteiger charge is -2.39. The highest BCUT2D eigenvalue weighted by molar-refractivity contribution is 5.90. The third-order valence-corrected chi connectivity index (χ3v) is 6.17. The Morgan fingerprint density at radius 2 is 1.84 bits per heavy atom. The van der Waals surface area contributed by atoms with Gasteiger partial charge in [-0.2, -0.15) is 0 Å². The van der Waals surface area contributed by atoms with E-state index in [-0.39, 0.29) is 56.1 Å². The molecule has 1 aliphatic heterocycles. The van der Waals surface area contributed by atoms with Crippen LogP contribution in [0.1, 0.15) is 92.4 Å². The second-order valence-electron chi connectivity index (χ2n) is 10.6. The Labute approximate surface area is 219 Å². The normalized spacial score (nSPS) is 19.2. The van der Waals surface area contributed by atoms with Crippen molar-refractivity contribution in [3.05, 3.63) is 0 Å². The molecule has 0 aromatic rings. The van der Waals surface area contributed by atoms with Crippen molar-refractivity contribution >= 4 is 35.4 Å². The Hall–Kier alpha value is -2.98. The Kier molecular flexibility index (Phi) is 13.3. The molecular formula is C26H44N4O7. The quantitative estimate of drug-likeness (QED) is 0.177. The predicted molar refractivity (Wildman–Crippen MR) is 139 cm³/mol. The van der Waals surface area contributed by atoms with E-state index >= 15 is 0 Å². The summed E-state index contributed by atoms with van der Waals surface area (Å²) >= 11 is 0. The number of hydrogen-bond donors (Lipinski definition) is 3. The number of carbonyl (C=O) groups is 5. The van der Waals surface area contributed by atoms with Gasteiger partial charge in [0.1, 0.15) is 11.4 Å². The first kappa shape index (κ1) is 32.0. The smallest absolute Gasteiger partial charge is 0.410 e. The highest BCUT2D eigenvalue weighted by atomic mass is 16.6. The van der Waals surface area contributed by atoms with E-state index < -0.39 is 35.7 Å². The molecule has 0 aromatic heterocycles. The number of aliphatic carboxylic acids is 1. The van der Waals surface area contributed by atoms with E-state index in [2.05, 4.69) is 10.3 Å². The van der Waals surface area contributed by atoms with Gasteiger partial charge in [0, 0.05) is 44.8 Å². The maximum Gasteiger partial charge on any atom is 0.410 e. The molecule has 1 saturated heterocycles. The van der Waals surface area contributed by atoms with Crippen LogP contribution in [-0.4, -0.2) is 76.2 Å². The lowest BCUT2D eigenvalue weighted by molar-refractivity contribution is -0.144. The average Bonchev–Trinajstić information content (AvgIpc) is 2.81. The van der Waals surface area contributed by atoms with Crippen LogP contribution in [0.15, 0.2) is 4.99 Å². The second-order valence-corrected chi connectivity index (χ2v) is 10.6. The fourth-order valence-electron chi connectivity index (χ4n) is 4.09. The molecule has 0 saturated carbocycles. The molecule has 1 rings (SSSR count). The van der Waals surface area contributed by atoms with E-state index in [1.807, 2.05) is 6.92 Å². The number of ketones is 2. The molecule has 0 spiro atoms. The van der Waals surface area contributed by atoms with Crippen LogP contribution in [0.5, 0.6) is 0 Å². The maximum atomic E-state index is 13.2. The zero-order valence-corrected chi connectivity index (χ0v) is 22.9. The number of amides is 2. The number of carboxylic acid groups (broad SMARTS) is 1. The second kappa shape index (κ2) is 15.3. The average molecular weight is 525 g/mol. The molecule has 0 aromatic carbocycles. The van der Waals surface area contributed by atoms with Gasteiger partial charge in [0.2, 0.25) is 5.91 Å². The number of ether oxygens (including phenoxy) is 1. The SMILES string of the molecule is CCC(N)=NCCC[C@H](NC(=O)CCC(C)=O)C(=O)CCC1CC(C(=O)O)CCN1C(=O)OC(C)(C)C. The Balaban J connectivity index is 2.91. The Morgan fingerprint density at radius 1 is 1.16 bits per heavy atom. The minimum Gasteiger partial charge on any atom is -0.481 e. The summed E-state index contributed by atoms with van der Waals surface area (Å²) in [7, 11) is 0. The van der Waals surface area contributed by atoms with Gasteiger partial charge in [-0.25, -0.2) is 4.79 Å². The lowest BCUT2D eigenvalue weighted by atomic mass is 9.87. The first-order valence-electron chi connectivity index (χ1n) is 13.1. The summed E-state index contributed by atoms with van der Waals surface area (Å²) in [5, 5.41) is 12.2. The number of nitrogens with one attached hydrogen (secondary N) is 1. The molecule has 1 fully saturated rings. The minimum atomic E-state index is -0.928. The summed E-state index contributed by atoms with van der Waals surface area (Å²) < 4.78 is 5.50. The van der Waals surface area contributed by atoms with E-state index in [1.54, 1.807) is 20.8 Å². The number of carbonyl (C=O) groups excluding carboxylic acids is 4. The fraction of sp³-hybridized carbons (Fsp3) is 0.769. The van der Waals surface area contributed by atoms with Crippen LogP contribution in [-0.2, 0) is 23.9 Å². The Morgan fingerprint density at radius 3 is 2.41 bits per heavy atom. The van der Waals surface area contributed by atoms with Crippen molar-refractivity contribution in [3.8, 4) is 0 Å². The third kappa shape index (κ3) is 12.7. The molecule has 11 heteroatoms. The standard InChI is InChI=1S/C26H44N4O7/c1-6-22(27)28-14-7-8-20(29-23(33)12-9-17(2)31)21(32)11-10-19-16-18(24(34)35)13-15-30(19)25(36)37-26(3,4)5/h18-20H,6-16H2,1-5H3,(H2,27,28)(H,29,33)(H,34,35)/t18?,19?,20-/m0/s1. The first-order valence-corrected chi connectivity index (χ1v) is 13.1. The molecule has 4 N–H and O–H groups in total. The van der Waals surface area contributed by atoms with Gasteiger partial charge in [-0.15, -0.1) is 0 Å². The van der Waals surface area contributed by atoms with E-state index in [0.29, 0.717) is 38.1 Å². The van der Waals surface area contributed by atoms with Crippen molar-refractivity contribution in [2.75, 3.05) is 13.1 Å². The number of piperidine rings is 1. The number of rotatable bonds is 14. The number of nitrogens with zero attached hydrogens (tertiary/aromatic N) is 2. The number of amidine groups is 1. The molecule has 2 amide bonds. The van der Waals surface area contributed by atoms with Crippen molar-refractivity contribution in [2.45, 2.75) is 110 Å². The van der Waals surface area contributed by atoms with Gasteiger partial charge in [-0.3, -0.25) is 19.4 Å². The summed E-state index contributed by atoms with van der Waals surface area (Å²) in [4.78, 5) is 66.9.